The number of anilines is 1. The van der Waals surface area contributed by atoms with Crippen molar-refractivity contribution in [3.63, 3.8) is 0 Å². The molecule has 2 heterocycles. The number of rotatable bonds is 8. The molecule has 0 aliphatic heterocycles. The minimum atomic E-state index is -4.87. The largest absolute Gasteiger partial charge is 0.573 e. The second-order valence-electron chi connectivity index (χ2n) is 8.33. The summed E-state index contributed by atoms with van der Waals surface area (Å²) in [4.78, 5) is 33.1. The maximum Gasteiger partial charge on any atom is 0.573 e. The Morgan fingerprint density at radius 3 is 2.44 bits per heavy atom. The number of ketones is 1. The van der Waals surface area contributed by atoms with Gasteiger partial charge in [0.1, 0.15) is 22.8 Å². The molecular formula is C25H22F3N3O5. The fraction of sp³-hybridized carbons (Fsp3) is 0.280. The average molecular weight is 501 g/mol. The van der Waals surface area contributed by atoms with Gasteiger partial charge in [-0.3, -0.25) is 19.6 Å². The van der Waals surface area contributed by atoms with Gasteiger partial charge in [-0.05, 0) is 36.6 Å². The summed E-state index contributed by atoms with van der Waals surface area (Å²) in [6, 6.07) is 7.97. The van der Waals surface area contributed by atoms with Crippen LogP contribution in [0.15, 0.2) is 48.8 Å². The molecule has 0 bridgehead atoms. The molecule has 1 aromatic carbocycles. The summed E-state index contributed by atoms with van der Waals surface area (Å²) in [6.07, 6.45) is -1.15. The van der Waals surface area contributed by atoms with Crippen molar-refractivity contribution >= 4 is 17.4 Å². The molecule has 1 amide bonds. The van der Waals surface area contributed by atoms with E-state index in [4.69, 9.17) is 9.47 Å². The third kappa shape index (κ3) is 5.91. The van der Waals surface area contributed by atoms with Crippen LogP contribution in [0.1, 0.15) is 52.7 Å². The van der Waals surface area contributed by atoms with Crippen LogP contribution in [0.2, 0.25) is 0 Å². The van der Waals surface area contributed by atoms with Gasteiger partial charge >= 0.3 is 6.36 Å². The lowest BCUT2D eigenvalue weighted by Crippen LogP contribution is -2.17. The standard InChI is InChI=1S/C25H22F3N3O5/c1-13-8-17(13)20-11-22(35-21-5-4-16(10-23(21)34-3)36-25(26,27)28)18(12-30-20)24(33)31-15-6-7-29-19(9-15)14(2)32/h4-7,9-13,17H,8H2,1-3H3,(H,29,31,33)/t13-,17-/m1/s1. The maximum absolute atomic E-state index is 13.1. The van der Waals surface area contributed by atoms with Crippen LogP contribution in [0, 0.1) is 5.92 Å². The Bertz CT molecular complexity index is 1310. The van der Waals surface area contributed by atoms with Gasteiger partial charge in [0.25, 0.3) is 5.91 Å². The summed E-state index contributed by atoms with van der Waals surface area (Å²) in [7, 11) is 1.27. The predicted octanol–water partition coefficient (Wildman–Crippen LogP) is 5.75. The van der Waals surface area contributed by atoms with Crippen molar-refractivity contribution in [2.45, 2.75) is 32.5 Å². The van der Waals surface area contributed by atoms with Gasteiger partial charge in [-0.25, -0.2) is 0 Å². The van der Waals surface area contributed by atoms with E-state index in [1.807, 2.05) is 0 Å². The SMILES string of the molecule is COc1cc(OC(F)(F)F)ccc1Oc1cc([C@@H]2C[C@H]2C)ncc1C(=O)Nc1ccnc(C(C)=O)c1. The number of halogens is 3. The Labute approximate surface area is 204 Å². The van der Waals surface area contributed by atoms with Gasteiger partial charge < -0.3 is 19.5 Å². The lowest BCUT2D eigenvalue weighted by molar-refractivity contribution is -0.274. The van der Waals surface area contributed by atoms with E-state index in [1.165, 1.54) is 44.6 Å². The Kier molecular flexibility index (Phi) is 6.82. The van der Waals surface area contributed by atoms with Crippen molar-refractivity contribution in [1.82, 2.24) is 9.97 Å². The molecule has 0 unspecified atom stereocenters. The topological polar surface area (TPSA) is 99.6 Å². The molecular weight excluding hydrogens is 479 g/mol. The fourth-order valence-electron chi connectivity index (χ4n) is 3.59. The molecule has 2 atom stereocenters. The average Bonchev–Trinajstić information content (AvgIpc) is 3.55. The zero-order valence-corrected chi connectivity index (χ0v) is 19.6. The monoisotopic (exact) mass is 501 g/mol. The second-order valence-corrected chi connectivity index (χ2v) is 8.33. The smallest absolute Gasteiger partial charge is 0.493 e. The first kappa shape index (κ1) is 25.0. The molecule has 36 heavy (non-hydrogen) atoms. The Morgan fingerprint density at radius 2 is 1.81 bits per heavy atom. The first-order valence-corrected chi connectivity index (χ1v) is 10.9. The van der Waals surface area contributed by atoms with Crippen LogP contribution >= 0.6 is 0 Å². The number of hydrogen-bond donors (Lipinski definition) is 1. The lowest BCUT2D eigenvalue weighted by atomic mass is 10.1. The number of carbonyl (C=O) groups excluding carboxylic acids is 2. The highest BCUT2D eigenvalue weighted by atomic mass is 19.4. The molecule has 1 aliphatic carbocycles. The van der Waals surface area contributed by atoms with E-state index >= 15 is 0 Å². The molecule has 11 heteroatoms. The number of Topliss-reactive ketones (excluding diaryl/α,β-unsaturated/α-hetero) is 1. The maximum atomic E-state index is 13.1. The summed E-state index contributed by atoms with van der Waals surface area (Å²) in [5.74, 6) is -0.473. The molecule has 3 aromatic rings. The van der Waals surface area contributed by atoms with Crippen molar-refractivity contribution in [3.05, 3.63) is 65.7 Å². The van der Waals surface area contributed by atoms with Gasteiger partial charge in [0.05, 0.1) is 7.11 Å². The van der Waals surface area contributed by atoms with Gasteiger partial charge in [0, 0.05) is 48.7 Å². The number of ether oxygens (including phenoxy) is 3. The number of pyridine rings is 2. The number of methoxy groups -OCH3 is 1. The summed E-state index contributed by atoms with van der Waals surface area (Å²) < 4.78 is 52.9. The molecule has 0 saturated heterocycles. The normalized spacial score (nSPS) is 16.7. The zero-order valence-electron chi connectivity index (χ0n) is 19.6. The van der Waals surface area contributed by atoms with E-state index in [1.54, 1.807) is 6.07 Å². The summed E-state index contributed by atoms with van der Waals surface area (Å²) in [5.41, 5.74) is 1.34. The third-order valence-corrected chi connectivity index (χ3v) is 5.59. The number of alkyl halides is 3. The third-order valence-electron chi connectivity index (χ3n) is 5.59. The van der Waals surface area contributed by atoms with Crippen LogP contribution in [0.4, 0.5) is 18.9 Å². The number of carbonyl (C=O) groups is 2. The number of aromatic nitrogens is 2. The summed E-state index contributed by atoms with van der Waals surface area (Å²) in [5, 5.41) is 2.69. The van der Waals surface area contributed by atoms with Crippen LogP contribution in [0.3, 0.4) is 0 Å². The molecule has 1 aliphatic rings. The van der Waals surface area contributed by atoms with E-state index in [2.05, 4.69) is 26.9 Å². The number of amides is 1. The highest BCUT2D eigenvalue weighted by Gasteiger charge is 2.36. The lowest BCUT2D eigenvalue weighted by Gasteiger charge is -2.16. The van der Waals surface area contributed by atoms with Gasteiger partial charge in [-0.1, -0.05) is 6.92 Å². The minimum absolute atomic E-state index is 0.0264. The van der Waals surface area contributed by atoms with Crippen LogP contribution in [-0.2, 0) is 0 Å². The van der Waals surface area contributed by atoms with Gasteiger partial charge in [-0.2, -0.15) is 0 Å². The highest BCUT2D eigenvalue weighted by Crippen LogP contribution is 2.47. The Morgan fingerprint density at radius 1 is 1.06 bits per heavy atom. The summed E-state index contributed by atoms with van der Waals surface area (Å²) >= 11 is 0. The molecule has 1 fully saturated rings. The van der Waals surface area contributed by atoms with Crippen molar-refractivity contribution in [2.24, 2.45) is 5.92 Å². The minimum Gasteiger partial charge on any atom is -0.493 e. The van der Waals surface area contributed by atoms with Crippen molar-refractivity contribution in [3.8, 4) is 23.0 Å². The van der Waals surface area contributed by atoms with E-state index in [0.717, 1.165) is 24.2 Å². The van der Waals surface area contributed by atoms with Crippen LogP contribution in [0.25, 0.3) is 0 Å². The number of benzene rings is 1. The predicted molar refractivity (Wildman–Crippen MR) is 123 cm³/mol. The van der Waals surface area contributed by atoms with E-state index < -0.39 is 18.0 Å². The molecule has 1 N–H and O–H groups in total. The van der Waals surface area contributed by atoms with Crippen molar-refractivity contribution in [2.75, 3.05) is 12.4 Å². The second kappa shape index (κ2) is 9.84. The first-order chi connectivity index (χ1) is 17.0. The number of hydrogen-bond acceptors (Lipinski definition) is 7. The molecule has 8 nitrogen and oxygen atoms in total. The number of nitrogens with one attached hydrogen (secondary N) is 1. The summed E-state index contributed by atoms with van der Waals surface area (Å²) in [6.45, 7) is 3.44. The zero-order chi connectivity index (χ0) is 26.0. The fourth-order valence-corrected chi connectivity index (χ4v) is 3.59. The molecule has 0 spiro atoms. The van der Waals surface area contributed by atoms with Crippen LogP contribution < -0.4 is 19.5 Å². The van der Waals surface area contributed by atoms with Crippen LogP contribution in [-0.4, -0.2) is 35.1 Å². The van der Waals surface area contributed by atoms with Gasteiger partial charge in [-0.15, -0.1) is 13.2 Å². The molecule has 0 radical (unpaired) electrons. The van der Waals surface area contributed by atoms with E-state index in [9.17, 15) is 22.8 Å². The molecule has 4 rings (SSSR count). The Balaban J connectivity index is 1.66. The van der Waals surface area contributed by atoms with Crippen molar-refractivity contribution in [1.29, 1.82) is 0 Å². The van der Waals surface area contributed by atoms with Gasteiger partial charge in [0.15, 0.2) is 17.3 Å². The van der Waals surface area contributed by atoms with Crippen molar-refractivity contribution < 1.29 is 37.0 Å². The quantitative estimate of drug-likeness (QED) is 0.392. The number of nitrogens with zero attached hydrogens (tertiary/aromatic N) is 2. The molecule has 2 aromatic heterocycles. The van der Waals surface area contributed by atoms with Crippen LogP contribution in [0.5, 0.6) is 23.0 Å². The Hall–Kier alpha value is -4.15. The van der Waals surface area contributed by atoms with Gasteiger partial charge in [0.2, 0.25) is 0 Å². The van der Waals surface area contributed by atoms with E-state index in [-0.39, 0.29) is 40.2 Å². The molecule has 188 valence electrons. The highest BCUT2D eigenvalue weighted by molar-refractivity contribution is 6.06. The molecule has 1 saturated carbocycles. The first-order valence-electron chi connectivity index (χ1n) is 10.9. The van der Waals surface area contributed by atoms with E-state index in [0.29, 0.717) is 11.6 Å².